The Balaban J connectivity index is 1.85. The Hall–Kier alpha value is -2.02. The average molecular weight is 262 g/mol. The molecule has 0 bridgehead atoms. The van der Waals surface area contributed by atoms with Gasteiger partial charge < -0.3 is 0 Å². The molecule has 0 aromatic carbocycles. The first-order valence-corrected chi connectivity index (χ1v) is 6.41. The lowest BCUT2D eigenvalue weighted by molar-refractivity contribution is -0.136. The number of nitrogens with one attached hydrogen (secondary N) is 1. The number of nitrogens with zero attached hydrogens (tertiary/aromatic N) is 3. The summed E-state index contributed by atoms with van der Waals surface area (Å²) in [6, 6.07) is 3.44. The van der Waals surface area contributed by atoms with Gasteiger partial charge in [-0.25, -0.2) is 4.68 Å². The summed E-state index contributed by atoms with van der Waals surface area (Å²) in [6.07, 6.45) is 2.55. The van der Waals surface area contributed by atoms with E-state index in [9.17, 15) is 9.59 Å². The molecule has 0 radical (unpaired) electrons. The molecule has 1 N–H and O–H groups in total. The number of hydrogen-bond acceptors (Lipinski definition) is 5. The first kappa shape index (κ1) is 11.1. The van der Waals surface area contributed by atoms with Crippen molar-refractivity contribution in [3.8, 4) is 10.6 Å². The van der Waals surface area contributed by atoms with Gasteiger partial charge in [0.05, 0.1) is 11.1 Å². The number of rotatable bonds is 2. The van der Waals surface area contributed by atoms with Crippen molar-refractivity contribution < 1.29 is 9.59 Å². The summed E-state index contributed by atoms with van der Waals surface area (Å²) in [5.74, 6) is -0.538. The van der Waals surface area contributed by atoms with Crippen LogP contribution in [0.2, 0.25) is 0 Å². The van der Waals surface area contributed by atoms with Crippen LogP contribution in [0.3, 0.4) is 0 Å². The van der Waals surface area contributed by atoms with Crippen LogP contribution in [0.25, 0.3) is 10.6 Å². The summed E-state index contributed by atoms with van der Waals surface area (Å²) in [6.45, 7) is 0. The minimum Gasteiger partial charge on any atom is -0.295 e. The smallest absolute Gasteiger partial charge is 0.251 e. The number of aromatic nitrogens is 3. The Morgan fingerprint density at radius 3 is 3.06 bits per heavy atom. The van der Waals surface area contributed by atoms with Gasteiger partial charge in [-0.15, -0.1) is 16.4 Å². The third kappa shape index (κ3) is 1.92. The third-order valence-corrected chi connectivity index (χ3v) is 3.71. The summed E-state index contributed by atoms with van der Waals surface area (Å²) in [5, 5.41) is 12.3. The van der Waals surface area contributed by atoms with Gasteiger partial charge in [-0.2, -0.15) is 0 Å². The average Bonchev–Trinajstić information content (AvgIpc) is 2.99. The lowest BCUT2D eigenvalue weighted by Gasteiger charge is -2.20. The summed E-state index contributed by atoms with van der Waals surface area (Å²) in [5.41, 5.74) is 0.745. The largest absolute Gasteiger partial charge is 0.295 e. The van der Waals surface area contributed by atoms with E-state index in [0.717, 1.165) is 10.6 Å². The highest BCUT2D eigenvalue weighted by atomic mass is 32.1. The Bertz CT molecular complexity index is 590. The Kier molecular flexibility index (Phi) is 2.67. The molecule has 1 aliphatic heterocycles. The van der Waals surface area contributed by atoms with Crippen LogP contribution in [-0.4, -0.2) is 26.8 Å². The molecule has 3 rings (SSSR count). The number of carbonyl (C=O) groups excluding carboxylic acids is 2. The van der Waals surface area contributed by atoms with Gasteiger partial charge >= 0.3 is 0 Å². The first-order valence-electron chi connectivity index (χ1n) is 5.53. The minimum absolute atomic E-state index is 0.227. The van der Waals surface area contributed by atoms with Gasteiger partial charge in [0, 0.05) is 6.42 Å². The zero-order chi connectivity index (χ0) is 12.5. The molecule has 1 fully saturated rings. The summed E-state index contributed by atoms with van der Waals surface area (Å²) >= 11 is 1.57. The molecular formula is C11H10N4O2S. The molecular weight excluding hydrogens is 252 g/mol. The Labute approximate surface area is 107 Å². The quantitative estimate of drug-likeness (QED) is 0.819. The fourth-order valence-electron chi connectivity index (χ4n) is 1.90. The van der Waals surface area contributed by atoms with Gasteiger partial charge in [0.15, 0.2) is 0 Å². The normalized spacial score (nSPS) is 19.9. The Morgan fingerprint density at radius 1 is 1.44 bits per heavy atom. The van der Waals surface area contributed by atoms with Gasteiger partial charge in [-0.1, -0.05) is 11.3 Å². The van der Waals surface area contributed by atoms with Gasteiger partial charge in [-0.05, 0) is 17.9 Å². The van der Waals surface area contributed by atoms with Crippen LogP contribution in [0.15, 0.2) is 23.7 Å². The lowest BCUT2D eigenvalue weighted by atomic mass is 10.1. The molecule has 7 heteroatoms. The number of amides is 2. The van der Waals surface area contributed by atoms with Crippen LogP contribution < -0.4 is 5.32 Å². The maximum Gasteiger partial charge on any atom is 0.251 e. The molecule has 1 unspecified atom stereocenters. The monoisotopic (exact) mass is 262 g/mol. The van der Waals surface area contributed by atoms with Gasteiger partial charge in [0.25, 0.3) is 5.91 Å². The SMILES string of the molecule is O=C1CCC(n2cc(-c3cccs3)nn2)C(=O)N1. The number of imide groups is 1. The van der Waals surface area contributed by atoms with Crippen molar-refractivity contribution >= 4 is 23.2 Å². The van der Waals surface area contributed by atoms with E-state index in [4.69, 9.17) is 0 Å². The molecule has 18 heavy (non-hydrogen) atoms. The number of hydrogen-bond donors (Lipinski definition) is 1. The van der Waals surface area contributed by atoms with E-state index in [2.05, 4.69) is 15.6 Å². The molecule has 0 aliphatic carbocycles. The van der Waals surface area contributed by atoms with E-state index in [1.54, 1.807) is 17.5 Å². The lowest BCUT2D eigenvalue weighted by Crippen LogP contribution is -2.41. The minimum atomic E-state index is -0.441. The van der Waals surface area contributed by atoms with E-state index < -0.39 is 6.04 Å². The van der Waals surface area contributed by atoms with Crippen LogP contribution >= 0.6 is 11.3 Å². The molecule has 92 valence electrons. The second kappa shape index (κ2) is 4.34. The third-order valence-electron chi connectivity index (χ3n) is 2.81. The van der Waals surface area contributed by atoms with E-state index in [1.807, 2.05) is 17.5 Å². The molecule has 0 spiro atoms. The first-order chi connectivity index (χ1) is 8.74. The summed E-state index contributed by atoms with van der Waals surface area (Å²) < 4.78 is 1.52. The second-order valence-electron chi connectivity index (χ2n) is 4.03. The topological polar surface area (TPSA) is 76.9 Å². The van der Waals surface area contributed by atoms with Gasteiger partial charge in [0.2, 0.25) is 5.91 Å². The predicted octanol–water partition coefficient (Wildman–Crippen LogP) is 0.984. The van der Waals surface area contributed by atoms with Gasteiger partial charge in [0.1, 0.15) is 11.7 Å². The van der Waals surface area contributed by atoms with Crippen LogP contribution in [0.5, 0.6) is 0 Å². The van der Waals surface area contributed by atoms with Crippen molar-refractivity contribution in [2.75, 3.05) is 0 Å². The number of thiophene rings is 1. The molecule has 2 aromatic heterocycles. The zero-order valence-corrected chi connectivity index (χ0v) is 10.2. The van der Waals surface area contributed by atoms with E-state index in [1.165, 1.54) is 4.68 Å². The molecule has 3 heterocycles. The maximum absolute atomic E-state index is 11.7. The molecule has 1 atom stereocenters. The van der Waals surface area contributed by atoms with Crippen molar-refractivity contribution in [3.63, 3.8) is 0 Å². The standard InChI is InChI=1S/C11H10N4O2S/c16-10-4-3-8(11(17)12-10)15-6-7(13-14-15)9-2-1-5-18-9/h1-2,5-6,8H,3-4H2,(H,12,16,17). The molecule has 1 saturated heterocycles. The van der Waals surface area contributed by atoms with E-state index >= 15 is 0 Å². The molecule has 6 nitrogen and oxygen atoms in total. The van der Waals surface area contributed by atoms with E-state index in [-0.39, 0.29) is 11.8 Å². The van der Waals surface area contributed by atoms with Crippen molar-refractivity contribution in [1.82, 2.24) is 20.3 Å². The highest BCUT2D eigenvalue weighted by molar-refractivity contribution is 7.13. The Morgan fingerprint density at radius 2 is 2.33 bits per heavy atom. The fraction of sp³-hybridized carbons (Fsp3) is 0.273. The van der Waals surface area contributed by atoms with Crippen LogP contribution in [-0.2, 0) is 9.59 Å². The molecule has 2 amide bonds. The molecule has 2 aromatic rings. The zero-order valence-electron chi connectivity index (χ0n) is 9.37. The fourth-order valence-corrected chi connectivity index (χ4v) is 2.58. The van der Waals surface area contributed by atoms with Crippen molar-refractivity contribution in [2.24, 2.45) is 0 Å². The van der Waals surface area contributed by atoms with Crippen LogP contribution in [0.4, 0.5) is 0 Å². The highest BCUT2D eigenvalue weighted by Crippen LogP contribution is 2.24. The molecule has 1 aliphatic rings. The van der Waals surface area contributed by atoms with Crippen LogP contribution in [0.1, 0.15) is 18.9 Å². The van der Waals surface area contributed by atoms with E-state index in [0.29, 0.717) is 12.8 Å². The van der Waals surface area contributed by atoms with Crippen molar-refractivity contribution in [3.05, 3.63) is 23.7 Å². The van der Waals surface area contributed by atoms with Gasteiger partial charge in [-0.3, -0.25) is 14.9 Å². The van der Waals surface area contributed by atoms with Crippen molar-refractivity contribution in [2.45, 2.75) is 18.9 Å². The number of carbonyl (C=O) groups is 2. The second-order valence-corrected chi connectivity index (χ2v) is 4.98. The number of piperidine rings is 1. The van der Waals surface area contributed by atoms with Crippen molar-refractivity contribution in [1.29, 1.82) is 0 Å². The predicted molar refractivity (Wildman–Crippen MR) is 64.8 cm³/mol. The molecule has 0 saturated carbocycles. The maximum atomic E-state index is 11.7. The summed E-state index contributed by atoms with van der Waals surface area (Å²) in [7, 11) is 0. The highest BCUT2D eigenvalue weighted by Gasteiger charge is 2.29. The van der Waals surface area contributed by atoms with Crippen LogP contribution in [0, 0.1) is 0 Å². The summed E-state index contributed by atoms with van der Waals surface area (Å²) in [4.78, 5) is 23.8.